The van der Waals surface area contributed by atoms with Crippen molar-refractivity contribution in [2.45, 2.75) is 12.8 Å². The zero-order valence-corrected chi connectivity index (χ0v) is 9.80. The van der Waals surface area contributed by atoms with E-state index in [9.17, 15) is 13.6 Å². The molecule has 0 N–H and O–H groups in total. The highest BCUT2D eigenvalue weighted by Gasteiger charge is 2.34. The number of nitrogens with zero attached hydrogens (tertiary/aromatic N) is 1. The van der Waals surface area contributed by atoms with E-state index in [4.69, 9.17) is 0 Å². The summed E-state index contributed by atoms with van der Waals surface area (Å²) in [6.07, 6.45) is 1.62. The van der Waals surface area contributed by atoms with Crippen LogP contribution in [-0.4, -0.2) is 16.7 Å². The maximum absolute atomic E-state index is 12.9. The third-order valence-electron chi connectivity index (χ3n) is 2.15. The van der Waals surface area contributed by atoms with E-state index in [2.05, 4.69) is 4.98 Å². The molecule has 0 radical (unpaired) electrons. The number of pyridine rings is 1. The molecule has 88 valence electrons. The van der Waals surface area contributed by atoms with Gasteiger partial charge in [0.25, 0.3) is 0 Å². The molecule has 0 amide bonds. The lowest BCUT2D eigenvalue weighted by Crippen LogP contribution is -2.23. The number of Topliss-reactive ketones (excluding diaryl/α,β-unsaturated/α-hetero) is 1. The second kappa shape index (κ2) is 4.33. The van der Waals surface area contributed by atoms with Crippen molar-refractivity contribution in [1.82, 2.24) is 4.98 Å². The predicted molar refractivity (Wildman–Crippen MR) is 62.5 cm³/mol. The quantitative estimate of drug-likeness (QED) is 0.781. The van der Waals surface area contributed by atoms with Crippen LogP contribution in [0.2, 0.25) is 0 Å². The van der Waals surface area contributed by atoms with Crippen molar-refractivity contribution in [1.29, 1.82) is 0 Å². The minimum Gasteiger partial charge on any atom is -0.286 e. The van der Waals surface area contributed by atoms with Crippen molar-refractivity contribution in [2.75, 3.05) is 0 Å². The van der Waals surface area contributed by atoms with Gasteiger partial charge in [-0.2, -0.15) is 8.78 Å². The fourth-order valence-corrected chi connectivity index (χ4v) is 2.33. The van der Waals surface area contributed by atoms with Gasteiger partial charge in [0, 0.05) is 13.1 Å². The molecule has 0 aromatic carbocycles. The van der Waals surface area contributed by atoms with Gasteiger partial charge in [0.15, 0.2) is 0 Å². The molecule has 0 saturated heterocycles. The first-order valence-corrected chi connectivity index (χ1v) is 5.74. The number of halogens is 2. The van der Waals surface area contributed by atoms with Gasteiger partial charge in [-0.05, 0) is 24.3 Å². The molecular formula is C12H9F2NOS. The molecule has 2 heterocycles. The normalized spacial score (nSPS) is 11.5. The molecule has 0 saturated carbocycles. The highest BCUT2D eigenvalue weighted by molar-refractivity contribution is 7.17. The fourth-order valence-electron chi connectivity index (χ4n) is 1.32. The van der Waals surface area contributed by atoms with E-state index in [0.717, 1.165) is 11.3 Å². The highest BCUT2D eigenvalue weighted by Crippen LogP contribution is 2.30. The molecule has 0 unspecified atom stereocenters. The average molecular weight is 253 g/mol. The zero-order chi connectivity index (χ0) is 12.5. The molecule has 0 spiro atoms. The second-order valence-corrected chi connectivity index (χ2v) is 4.68. The molecule has 0 bridgehead atoms. The summed E-state index contributed by atoms with van der Waals surface area (Å²) in [5.74, 6) is -4.48. The number of carbonyl (C=O) groups is 1. The smallest absolute Gasteiger partial charge is 0.286 e. The van der Waals surface area contributed by atoms with E-state index in [1.807, 2.05) is 0 Å². The SMILES string of the molecule is CC(F)(F)C(=O)c1ccc(-c2ccccn2)s1. The van der Waals surface area contributed by atoms with Gasteiger partial charge < -0.3 is 0 Å². The van der Waals surface area contributed by atoms with Gasteiger partial charge in [0.05, 0.1) is 15.4 Å². The van der Waals surface area contributed by atoms with Crippen molar-refractivity contribution in [2.24, 2.45) is 0 Å². The van der Waals surface area contributed by atoms with E-state index in [1.165, 1.54) is 6.07 Å². The zero-order valence-electron chi connectivity index (χ0n) is 8.98. The maximum atomic E-state index is 12.9. The van der Waals surface area contributed by atoms with E-state index in [1.54, 1.807) is 30.5 Å². The average Bonchev–Trinajstić information content (AvgIpc) is 2.77. The number of thiophene rings is 1. The molecule has 0 aliphatic heterocycles. The minimum absolute atomic E-state index is 0.0538. The first-order valence-electron chi connectivity index (χ1n) is 4.92. The molecule has 2 rings (SSSR count). The molecule has 0 atom stereocenters. The van der Waals surface area contributed by atoms with Crippen molar-refractivity contribution in [3.05, 3.63) is 41.4 Å². The predicted octanol–water partition coefficient (Wildman–Crippen LogP) is 3.65. The summed E-state index contributed by atoms with van der Waals surface area (Å²) < 4.78 is 25.7. The van der Waals surface area contributed by atoms with Crippen molar-refractivity contribution in [3.63, 3.8) is 0 Å². The number of carbonyl (C=O) groups excluding carboxylic acids is 1. The Hall–Kier alpha value is -1.62. The molecule has 5 heteroatoms. The van der Waals surface area contributed by atoms with Crippen LogP contribution in [0.1, 0.15) is 16.6 Å². The Labute approximate surface area is 101 Å². The van der Waals surface area contributed by atoms with Gasteiger partial charge in [0.2, 0.25) is 5.78 Å². The van der Waals surface area contributed by atoms with Crippen LogP contribution < -0.4 is 0 Å². The van der Waals surface area contributed by atoms with Crippen LogP contribution in [0, 0.1) is 0 Å². The monoisotopic (exact) mass is 253 g/mol. The molecule has 2 nitrogen and oxygen atoms in total. The van der Waals surface area contributed by atoms with Crippen LogP contribution >= 0.6 is 11.3 Å². The summed E-state index contributed by atoms with van der Waals surface area (Å²) in [7, 11) is 0. The van der Waals surface area contributed by atoms with E-state index in [-0.39, 0.29) is 4.88 Å². The Bertz CT molecular complexity index is 531. The standard InChI is InChI=1S/C12H9F2NOS/c1-12(13,14)11(16)10-6-5-9(17-10)8-4-2-3-7-15-8/h2-7H,1H3. The number of hydrogen-bond donors (Lipinski definition) is 0. The lowest BCUT2D eigenvalue weighted by atomic mass is 10.2. The largest absolute Gasteiger partial charge is 0.307 e. The molecule has 0 aliphatic carbocycles. The first-order chi connectivity index (χ1) is 7.98. The van der Waals surface area contributed by atoms with Crippen molar-refractivity contribution < 1.29 is 13.6 Å². The molecule has 0 aliphatic rings. The summed E-state index contributed by atoms with van der Waals surface area (Å²) in [6, 6.07) is 8.38. The Kier molecular flexibility index (Phi) is 3.02. The Balaban J connectivity index is 2.32. The molecule has 0 fully saturated rings. The number of hydrogen-bond acceptors (Lipinski definition) is 3. The van der Waals surface area contributed by atoms with Crippen LogP contribution in [0.25, 0.3) is 10.6 Å². The summed E-state index contributed by atoms with van der Waals surface area (Å²) in [5.41, 5.74) is 0.677. The van der Waals surface area contributed by atoms with Gasteiger partial charge in [0.1, 0.15) is 0 Å². The number of aromatic nitrogens is 1. The number of ketones is 1. The first kappa shape index (κ1) is 11.9. The van der Waals surface area contributed by atoms with E-state index in [0.29, 0.717) is 17.5 Å². The second-order valence-electron chi connectivity index (χ2n) is 3.60. The summed E-state index contributed by atoms with van der Waals surface area (Å²) in [6.45, 7) is 0.607. The Morgan fingerprint density at radius 2 is 2.06 bits per heavy atom. The lowest BCUT2D eigenvalue weighted by Gasteiger charge is -2.05. The van der Waals surface area contributed by atoms with Gasteiger partial charge in [-0.15, -0.1) is 11.3 Å². The van der Waals surface area contributed by atoms with Crippen molar-refractivity contribution >= 4 is 17.1 Å². The number of rotatable bonds is 3. The van der Waals surface area contributed by atoms with E-state index >= 15 is 0 Å². The van der Waals surface area contributed by atoms with Crippen molar-refractivity contribution in [3.8, 4) is 10.6 Å². The van der Waals surface area contributed by atoms with Gasteiger partial charge in [-0.25, -0.2) is 0 Å². The van der Waals surface area contributed by atoms with Crippen LogP contribution in [0.3, 0.4) is 0 Å². The third-order valence-corrected chi connectivity index (χ3v) is 3.25. The molecule has 17 heavy (non-hydrogen) atoms. The topological polar surface area (TPSA) is 30.0 Å². The van der Waals surface area contributed by atoms with Crippen LogP contribution in [0.15, 0.2) is 36.5 Å². The molecular weight excluding hydrogens is 244 g/mol. The number of alkyl halides is 2. The maximum Gasteiger partial charge on any atom is 0.307 e. The minimum atomic E-state index is -3.33. The summed E-state index contributed by atoms with van der Waals surface area (Å²) in [5, 5.41) is 0. The molecule has 2 aromatic rings. The Morgan fingerprint density at radius 1 is 1.29 bits per heavy atom. The molecule has 2 aromatic heterocycles. The lowest BCUT2D eigenvalue weighted by molar-refractivity contribution is 0.0226. The summed E-state index contributed by atoms with van der Waals surface area (Å²) >= 11 is 1.03. The third kappa shape index (κ3) is 2.55. The van der Waals surface area contributed by atoms with Crippen LogP contribution in [-0.2, 0) is 0 Å². The van der Waals surface area contributed by atoms with Gasteiger partial charge >= 0.3 is 5.92 Å². The summed E-state index contributed by atoms with van der Waals surface area (Å²) in [4.78, 5) is 16.2. The van der Waals surface area contributed by atoms with E-state index < -0.39 is 11.7 Å². The van der Waals surface area contributed by atoms with Crippen LogP contribution in [0.5, 0.6) is 0 Å². The fraction of sp³-hybridized carbons (Fsp3) is 0.167. The van der Waals surface area contributed by atoms with Crippen LogP contribution in [0.4, 0.5) is 8.78 Å². The highest BCUT2D eigenvalue weighted by atomic mass is 32.1. The Morgan fingerprint density at radius 3 is 2.65 bits per heavy atom. The van der Waals surface area contributed by atoms with Gasteiger partial charge in [-0.1, -0.05) is 6.07 Å². The van der Waals surface area contributed by atoms with Gasteiger partial charge in [-0.3, -0.25) is 9.78 Å².